The molecular weight excluding hydrogens is 350 g/mol. The van der Waals surface area contributed by atoms with Gasteiger partial charge in [0.15, 0.2) is 0 Å². The Morgan fingerprint density at radius 2 is 1.71 bits per heavy atom. The van der Waals surface area contributed by atoms with Crippen molar-refractivity contribution in [2.75, 3.05) is 0 Å². The van der Waals surface area contributed by atoms with Crippen LogP contribution in [0.15, 0.2) is 46.9 Å². The monoisotopic (exact) mass is 361 g/mol. The minimum absolute atomic E-state index is 0.0629. The molecule has 0 saturated heterocycles. The number of halogens is 5. The number of hydrogen-bond acceptors (Lipinski definition) is 1. The van der Waals surface area contributed by atoms with E-state index in [9.17, 15) is 17.6 Å². The van der Waals surface area contributed by atoms with Gasteiger partial charge in [-0.3, -0.25) is 0 Å². The molecule has 2 rings (SSSR count). The molecule has 0 heterocycles. The topological polar surface area (TPSA) is 12.0 Å². The van der Waals surface area contributed by atoms with Crippen LogP contribution in [-0.2, 0) is 19.3 Å². The second kappa shape index (κ2) is 6.58. The number of hydrogen-bond donors (Lipinski definition) is 1. The summed E-state index contributed by atoms with van der Waals surface area (Å²) in [5.74, 6) is -0.398. The van der Waals surface area contributed by atoms with Gasteiger partial charge in [0, 0.05) is 13.1 Å². The summed E-state index contributed by atoms with van der Waals surface area (Å²) in [7, 11) is 0. The minimum atomic E-state index is -4.37. The van der Waals surface area contributed by atoms with E-state index >= 15 is 0 Å². The molecule has 6 heteroatoms. The summed E-state index contributed by atoms with van der Waals surface area (Å²) in [6, 6.07) is 10.0. The third kappa shape index (κ3) is 4.28. The smallest absolute Gasteiger partial charge is 0.309 e. The molecule has 0 aliphatic rings. The van der Waals surface area contributed by atoms with E-state index in [1.807, 2.05) is 0 Å². The number of rotatable bonds is 4. The number of benzene rings is 2. The van der Waals surface area contributed by atoms with E-state index in [4.69, 9.17) is 0 Å². The lowest BCUT2D eigenvalue weighted by molar-refractivity contribution is -0.138. The molecule has 1 nitrogen and oxygen atoms in total. The van der Waals surface area contributed by atoms with Crippen molar-refractivity contribution in [3.63, 3.8) is 0 Å². The highest BCUT2D eigenvalue weighted by Crippen LogP contribution is 2.31. The van der Waals surface area contributed by atoms with E-state index in [2.05, 4.69) is 21.2 Å². The average Bonchev–Trinajstić information content (AvgIpc) is 2.42. The van der Waals surface area contributed by atoms with E-state index in [-0.39, 0.29) is 18.7 Å². The Labute approximate surface area is 128 Å². The maximum absolute atomic E-state index is 13.3. The van der Waals surface area contributed by atoms with Crippen LogP contribution in [0.2, 0.25) is 0 Å². The zero-order valence-corrected chi connectivity index (χ0v) is 12.4. The molecule has 2 aromatic rings. The van der Waals surface area contributed by atoms with Gasteiger partial charge in [0.2, 0.25) is 0 Å². The SMILES string of the molecule is Fc1cc(CNCc2ccccc2C(F)(F)F)ccc1Br. The van der Waals surface area contributed by atoms with Crippen molar-refractivity contribution < 1.29 is 17.6 Å². The Morgan fingerprint density at radius 1 is 1.00 bits per heavy atom. The average molecular weight is 362 g/mol. The molecule has 0 aliphatic heterocycles. The number of nitrogens with one attached hydrogen (secondary N) is 1. The predicted octanol–water partition coefficient (Wildman–Crippen LogP) is 4.90. The van der Waals surface area contributed by atoms with Crippen LogP contribution in [0.5, 0.6) is 0 Å². The molecule has 0 unspecified atom stereocenters. The third-order valence-electron chi connectivity index (χ3n) is 2.95. The van der Waals surface area contributed by atoms with Gasteiger partial charge in [-0.25, -0.2) is 4.39 Å². The Hall–Kier alpha value is -1.40. The third-order valence-corrected chi connectivity index (χ3v) is 3.59. The summed E-state index contributed by atoms with van der Waals surface area (Å²) in [6.07, 6.45) is -4.37. The van der Waals surface area contributed by atoms with E-state index in [0.29, 0.717) is 10.0 Å². The summed E-state index contributed by atoms with van der Waals surface area (Å²) in [4.78, 5) is 0. The lowest BCUT2D eigenvalue weighted by Gasteiger charge is -2.13. The summed E-state index contributed by atoms with van der Waals surface area (Å²) in [5, 5.41) is 2.90. The van der Waals surface area contributed by atoms with E-state index in [1.54, 1.807) is 18.2 Å². The fraction of sp³-hybridized carbons (Fsp3) is 0.200. The van der Waals surface area contributed by atoms with Crippen molar-refractivity contribution in [1.29, 1.82) is 0 Å². The Balaban J connectivity index is 2.02. The lowest BCUT2D eigenvalue weighted by Crippen LogP contribution is -2.17. The maximum atomic E-state index is 13.3. The maximum Gasteiger partial charge on any atom is 0.416 e. The van der Waals surface area contributed by atoms with E-state index < -0.39 is 17.6 Å². The first-order chi connectivity index (χ1) is 9.88. The van der Waals surface area contributed by atoms with E-state index in [0.717, 1.165) is 6.07 Å². The molecule has 0 bridgehead atoms. The molecule has 0 atom stereocenters. The van der Waals surface area contributed by atoms with Crippen LogP contribution in [0.3, 0.4) is 0 Å². The van der Waals surface area contributed by atoms with Crippen molar-refractivity contribution in [2.45, 2.75) is 19.3 Å². The van der Waals surface area contributed by atoms with Gasteiger partial charge < -0.3 is 5.32 Å². The summed E-state index contributed by atoms with van der Waals surface area (Å²) in [6.45, 7) is 0.351. The van der Waals surface area contributed by atoms with Gasteiger partial charge in [-0.05, 0) is 45.3 Å². The van der Waals surface area contributed by atoms with Gasteiger partial charge in [0.1, 0.15) is 5.82 Å². The largest absolute Gasteiger partial charge is 0.416 e. The first-order valence-electron chi connectivity index (χ1n) is 6.17. The van der Waals surface area contributed by atoms with Crippen LogP contribution in [0, 0.1) is 5.82 Å². The molecule has 112 valence electrons. The summed E-state index contributed by atoms with van der Waals surface area (Å²) in [5.41, 5.74) is 0.183. The number of alkyl halides is 3. The fourth-order valence-corrected chi connectivity index (χ4v) is 2.19. The lowest BCUT2D eigenvalue weighted by atomic mass is 10.1. The van der Waals surface area contributed by atoms with Crippen LogP contribution in [0.1, 0.15) is 16.7 Å². The first kappa shape index (κ1) is 16.0. The molecule has 21 heavy (non-hydrogen) atoms. The first-order valence-corrected chi connectivity index (χ1v) is 6.97. The highest BCUT2D eigenvalue weighted by molar-refractivity contribution is 9.10. The molecule has 2 aromatic carbocycles. The standard InChI is InChI=1S/C15H12BrF4N/c16-13-6-5-10(7-14(13)17)8-21-9-11-3-1-2-4-12(11)15(18,19)20/h1-7,21H,8-9H2. The van der Waals surface area contributed by atoms with Crippen molar-refractivity contribution in [2.24, 2.45) is 0 Å². The fourth-order valence-electron chi connectivity index (χ4n) is 1.94. The predicted molar refractivity (Wildman–Crippen MR) is 76.1 cm³/mol. The normalized spacial score (nSPS) is 11.7. The van der Waals surface area contributed by atoms with Crippen molar-refractivity contribution in [1.82, 2.24) is 5.32 Å². The molecule has 0 fully saturated rings. The van der Waals surface area contributed by atoms with E-state index in [1.165, 1.54) is 18.2 Å². The van der Waals surface area contributed by atoms with Crippen LogP contribution in [-0.4, -0.2) is 0 Å². The minimum Gasteiger partial charge on any atom is -0.309 e. The summed E-state index contributed by atoms with van der Waals surface area (Å²) < 4.78 is 52.1. The Bertz CT molecular complexity index is 625. The van der Waals surface area contributed by atoms with Gasteiger partial charge in [0.25, 0.3) is 0 Å². The van der Waals surface area contributed by atoms with Gasteiger partial charge in [-0.2, -0.15) is 13.2 Å². The zero-order valence-electron chi connectivity index (χ0n) is 10.8. The molecule has 0 amide bonds. The van der Waals surface area contributed by atoms with Crippen molar-refractivity contribution in [3.05, 3.63) is 69.4 Å². The quantitative estimate of drug-likeness (QED) is 0.764. The second-order valence-electron chi connectivity index (χ2n) is 4.51. The summed E-state index contributed by atoms with van der Waals surface area (Å²) >= 11 is 3.05. The van der Waals surface area contributed by atoms with Gasteiger partial charge in [-0.1, -0.05) is 24.3 Å². The van der Waals surface area contributed by atoms with Gasteiger partial charge in [-0.15, -0.1) is 0 Å². The Kier molecular flexibility index (Phi) is 5.00. The molecule has 0 spiro atoms. The van der Waals surface area contributed by atoms with Gasteiger partial charge >= 0.3 is 6.18 Å². The van der Waals surface area contributed by atoms with Crippen LogP contribution in [0.25, 0.3) is 0 Å². The highest BCUT2D eigenvalue weighted by atomic mass is 79.9. The highest BCUT2D eigenvalue weighted by Gasteiger charge is 2.32. The van der Waals surface area contributed by atoms with Crippen LogP contribution >= 0.6 is 15.9 Å². The van der Waals surface area contributed by atoms with Crippen LogP contribution < -0.4 is 5.32 Å². The van der Waals surface area contributed by atoms with Gasteiger partial charge in [0.05, 0.1) is 10.0 Å². The molecule has 0 saturated carbocycles. The van der Waals surface area contributed by atoms with Crippen molar-refractivity contribution in [3.8, 4) is 0 Å². The van der Waals surface area contributed by atoms with Crippen LogP contribution in [0.4, 0.5) is 17.6 Å². The molecule has 0 radical (unpaired) electrons. The molecular formula is C15H12BrF4N. The van der Waals surface area contributed by atoms with Crippen molar-refractivity contribution >= 4 is 15.9 Å². The Morgan fingerprint density at radius 3 is 2.38 bits per heavy atom. The zero-order chi connectivity index (χ0) is 15.5. The molecule has 0 aromatic heterocycles. The second-order valence-corrected chi connectivity index (χ2v) is 5.36. The molecule has 0 aliphatic carbocycles. The molecule has 1 N–H and O–H groups in total.